The van der Waals surface area contributed by atoms with Crippen molar-refractivity contribution in [3.8, 4) is 11.3 Å². The molecule has 8 atom stereocenters. The van der Waals surface area contributed by atoms with E-state index in [1.165, 1.54) is 29.0 Å². The second kappa shape index (κ2) is 38.0. The van der Waals surface area contributed by atoms with Gasteiger partial charge in [-0.3, -0.25) is 62.2 Å². The van der Waals surface area contributed by atoms with Crippen LogP contribution < -0.4 is 5.32 Å². The Morgan fingerprint density at radius 3 is 1.57 bits per heavy atom. The van der Waals surface area contributed by atoms with Crippen molar-refractivity contribution in [1.29, 1.82) is 0 Å². The van der Waals surface area contributed by atoms with Crippen molar-refractivity contribution in [2.24, 2.45) is 40.0 Å². The smallest absolute Gasteiger partial charge is 0.183 e. The molecule has 0 aliphatic heterocycles. The van der Waals surface area contributed by atoms with Crippen molar-refractivity contribution in [2.45, 2.75) is 203 Å². The van der Waals surface area contributed by atoms with Gasteiger partial charge in [0.2, 0.25) is 0 Å². The van der Waals surface area contributed by atoms with E-state index >= 15 is 0 Å². The summed E-state index contributed by atoms with van der Waals surface area (Å²) in [5, 5.41) is 28.8. The molecule has 0 spiro atoms. The van der Waals surface area contributed by atoms with Crippen molar-refractivity contribution in [2.75, 3.05) is 26.5 Å². The lowest BCUT2D eigenvalue weighted by atomic mass is 9.82. The minimum atomic E-state index is -0.0496. The van der Waals surface area contributed by atoms with Crippen LogP contribution in [0.5, 0.6) is 0 Å². The van der Waals surface area contributed by atoms with E-state index in [0.717, 1.165) is 139 Å². The zero-order valence-corrected chi connectivity index (χ0v) is 62.9. The molecule has 0 aromatic carbocycles. The molecule has 6 aromatic heterocycles. The van der Waals surface area contributed by atoms with Gasteiger partial charge in [0.25, 0.3) is 0 Å². The molecule has 2 N–H and O–H groups in total. The van der Waals surface area contributed by atoms with Crippen LogP contribution in [0.1, 0.15) is 266 Å². The number of aromatic amines is 1. The van der Waals surface area contributed by atoms with Crippen LogP contribution in [0.4, 0.5) is 5.13 Å². The standard InChI is InChI=1S/C13H18N4S.C12H17NO2.C11H15BrN2O.C11H16N2O.C11H14N2O.C10H12N2O.C9H12O2/c1-4-5-8-6-10-12(15-13(14-2)18-10)9-7-17(3)16-11(8)9;1-4-5-9-6-7-11(14)10(12(9)15)8-13(2)3;1-3-4-7-5-9(12)11(15)8-6-14(2)13-10(7)8;2*1-3-4-8-5-6-10(14)9-7-13(2)12-11(8)9;1-2-3-7-4-5-9(13)8-6-11-12-10(7)8;1-2-3-7-4-5-8(10)6-9(7)11/h7-8H,4-6H2,1-3H3,(H,14,15);4,8-9H,1,5-7H2,2-3H3;6-7,9H,3-5H2,1-2H3;7-8H,3-6H2,1-2H3;3,7-8H,1,4-6H2,2H3;2,6-7H,1,3-5H2,(H,11,12);2,7H,1,3-6H2/b;10-8-;;;;;. The molecule has 0 bridgehead atoms. The lowest BCUT2D eigenvalue weighted by molar-refractivity contribution is -0.133. The van der Waals surface area contributed by atoms with Crippen LogP contribution in [-0.4, -0.2) is 131 Å². The van der Waals surface area contributed by atoms with Gasteiger partial charge in [0, 0.05) is 170 Å². The molecule has 21 nitrogen and oxygen atoms in total. The number of H-pyrrole nitrogens is 1. The summed E-state index contributed by atoms with van der Waals surface area (Å²) in [5.74, 6) is 3.35. The van der Waals surface area contributed by atoms with Gasteiger partial charge in [-0.05, 0) is 89.9 Å². The monoisotopic (exact) mass is 1450 g/mol. The van der Waals surface area contributed by atoms with E-state index in [1.54, 1.807) is 54.8 Å². The van der Waals surface area contributed by atoms with E-state index in [-0.39, 0.29) is 69.3 Å². The molecule has 6 heterocycles. The number of nitrogens with zero attached hydrogens (tertiary/aromatic N) is 11. The highest BCUT2D eigenvalue weighted by Gasteiger charge is 2.36. The van der Waals surface area contributed by atoms with Crippen LogP contribution in [-0.2, 0) is 53.8 Å². The number of thiazole rings is 1. The number of carbonyl (C=O) groups excluding carboxylic acids is 8. The zero-order chi connectivity index (χ0) is 72.9. The van der Waals surface area contributed by atoms with E-state index in [0.29, 0.717) is 80.1 Å². The van der Waals surface area contributed by atoms with Crippen LogP contribution in [0.2, 0.25) is 0 Å². The highest BCUT2D eigenvalue weighted by atomic mass is 79.9. The van der Waals surface area contributed by atoms with Crippen molar-refractivity contribution in [3.63, 3.8) is 0 Å². The first-order valence-electron chi connectivity index (χ1n) is 35.5. The molecule has 100 heavy (non-hydrogen) atoms. The number of hydrogen-bond donors (Lipinski definition) is 2. The highest BCUT2D eigenvalue weighted by molar-refractivity contribution is 9.10. The number of anilines is 1. The van der Waals surface area contributed by atoms with Gasteiger partial charge in [0.05, 0.1) is 73.7 Å². The van der Waals surface area contributed by atoms with Crippen molar-refractivity contribution in [1.82, 2.24) is 59.2 Å². The minimum absolute atomic E-state index is 0.0225. The van der Waals surface area contributed by atoms with Crippen LogP contribution in [0.3, 0.4) is 0 Å². The summed E-state index contributed by atoms with van der Waals surface area (Å²) in [7, 11) is 13.2. The molecule has 7 aliphatic carbocycles. The molecule has 0 amide bonds. The number of fused-ring (bicyclic) bond motifs is 7. The number of Topliss-reactive ketones (excluding diaryl/α,β-unsaturated/α-hetero) is 8. The SMILES string of the molecule is C=CCC1CCC(=O)/C(=C/N(C)C)C1=O.C=CCC1CCC(=O)CC1=O.C=CCC1CCC(=O)c2cn(C)nc21.C=CCC1CCC(=O)c2cn[nH]c21.CCCC1CC(Br)C(=O)c2cn(C)nc21.CCCC1CCC(=O)c2cn(C)nc21.CCCC1Cc2sc(NC)nc2-c2cn(C)nc21. The Balaban J connectivity index is 0.000000165. The van der Waals surface area contributed by atoms with E-state index in [4.69, 9.17) is 0 Å². The van der Waals surface area contributed by atoms with Gasteiger partial charge in [-0.25, -0.2) is 4.98 Å². The molecule has 23 heteroatoms. The number of aryl methyl sites for hydroxylation is 4. The van der Waals surface area contributed by atoms with Gasteiger partial charge in [-0.1, -0.05) is 80.3 Å². The maximum Gasteiger partial charge on any atom is 0.183 e. The number of carbonyl (C=O) groups is 8. The van der Waals surface area contributed by atoms with Crippen LogP contribution in [0, 0.1) is 11.8 Å². The number of alkyl halides is 1. The normalized spacial score (nSPS) is 22.0. The maximum absolute atomic E-state index is 11.9. The Morgan fingerprint density at radius 1 is 0.560 bits per heavy atom. The fourth-order valence-electron chi connectivity index (χ4n) is 14.2. The summed E-state index contributed by atoms with van der Waals surface area (Å²) >= 11 is 5.24. The molecular weight excluding hydrogens is 1350 g/mol. The number of ketones is 8. The lowest BCUT2D eigenvalue weighted by Crippen LogP contribution is -2.29. The Kier molecular flexibility index (Phi) is 30.1. The minimum Gasteiger partial charge on any atom is -0.383 e. The summed E-state index contributed by atoms with van der Waals surface area (Å²) in [6, 6.07) is 0. The molecule has 0 saturated heterocycles. The van der Waals surface area contributed by atoms with Crippen LogP contribution >= 0.6 is 27.3 Å². The molecular formula is C77H104BrN13O8S. The molecule has 2 fully saturated rings. The highest BCUT2D eigenvalue weighted by Crippen LogP contribution is 2.44. The Hall–Kier alpha value is -8.18. The lowest BCUT2D eigenvalue weighted by Gasteiger charge is -2.23. The summed E-state index contributed by atoms with van der Waals surface area (Å²) in [6.45, 7) is 21.2. The van der Waals surface area contributed by atoms with E-state index < -0.39 is 0 Å². The van der Waals surface area contributed by atoms with E-state index in [9.17, 15) is 38.4 Å². The summed E-state index contributed by atoms with van der Waals surface area (Å²) < 4.78 is 7.15. The second-order valence-electron chi connectivity index (χ2n) is 27.2. The number of rotatable bonds is 16. The Labute approximate surface area is 602 Å². The number of halogens is 1. The zero-order valence-electron chi connectivity index (χ0n) is 60.5. The molecule has 2 saturated carbocycles. The first-order valence-corrected chi connectivity index (χ1v) is 37.2. The van der Waals surface area contributed by atoms with Gasteiger partial charge in [0.1, 0.15) is 11.6 Å². The third-order valence-corrected chi connectivity index (χ3v) is 21.0. The summed E-state index contributed by atoms with van der Waals surface area (Å²) in [6.07, 6.45) is 37.7. The Bertz CT molecular complexity index is 3930. The maximum atomic E-state index is 11.9. The topological polar surface area (TPSA) is 265 Å². The first-order chi connectivity index (χ1) is 47.9. The van der Waals surface area contributed by atoms with E-state index in [2.05, 4.69) is 110 Å². The fraction of sp³-hybridized carbons (Fsp3) is 0.532. The van der Waals surface area contributed by atoms with Gasteiger partial charge in [0.15, 0.2) is 39.8 Å². The first kappa shape index (κ1) is 79.1. The van der Waals surface area contributed by atoms with Crippen molar-refractivity contribution in [3.05, 3.63) is 149 Å². The molecule has 7 aliphatic rings. The van der Waals surface area contributed by atoms with Crippen LogP contribution in [0.25, 0.3) is 11.3 Å². The fourth-order valence-corrected chi connectivity index (χ4v) is 15.9. The molecule has 0 radical (unpaired) electrons. The molecule has 13 rings (SSSR count). The van der Waals surface area contributed by atoms with Crippen molar-refractivity contribution >= 4 is 78.7 Å². The van der Waals surface area contributed by atoms with Gasteiger partial charge in [-0.15, -0.1) is 37.7 Å². The Morgan fingerprint density at radius 2 is 1.01 bits per heavy atom. The number of allylic oxidation sites excluding steroid dienone is 5. The molecule has 538 valence electrons. The van der Waals surface area contributed by atoms with Crippen LogP contribution in [0.15, 0.2) is 93.4 Å². The molecule has 6 aromatic rings. The van der Waals surface area contributed by atoms with Gasteiger partial charge < -0.3 is 10.2 Å². The average molecular weight is 1450 g/mol. The third-order valence-electron chi connectivity index (χ3n) is 19.1. The predicted molar refractivity (Wildman–Crippen MR) is 398 cm³/mol. The average Bonchev–Trinajstić information content (AvgIpc) is 1.62. The second-order valence-corrected chi connectivity index (χ2v) is 29.4. The number of aromatic nitrogens is 11. The predicted octanol–water partition coefficient (Wildman–Crippen LogP) is 15.1. The quantitative estimate of drug-likeness (QED) is 0.0300. The summed E-state index contributed by atoms with van der Waals surface area (Å²) in [5.41, 5.74) is 11.2. The van der Waals surface area contributed by atoms with Gasteiger partial charge >= 0.3 is 0 Å². The van der Waals surface area contributed by atoms with E-state index in [1.807, 2.05) is 84.8 Å². The molecule has 8 unspecified atom stereocenters. The summed E-state index contributed by atoms with van der Waals surface area (Å²) in [4.78, 5) is 99.6. The third kappa shape index (κ3) is 20.5. The number of nitrogens with one attached hydrogen (secondary N) is 2. The number of hydrogen-bond acceptors (Lipinski definition) is 17. The van der Waals surface area contributed by atoms with Crippen molar-refractivity contribution < 1.29 is 38.4 Å². The largest absolute Gasteiger partial charge is 0.383 e. The van der Waals surface area contributed by atoms with Gasteiger partial charge in [-0.2, -0.15) is 25.5 Å².